The van der Waals surface area contributed by atoms with Crippen LogP contribution in [-0.4, -0.2) is 70.1 Å². The molecule has 0 radical (unpaired) electrons. The first kappa shape index (κ1) is 29.3. The van der Waals surface area contributed by atoms with Crippen LogP contribution in [0.15, 0.2) is 30.6 Å². The summed E-state index contributed by atoms with van der Waals surface area (Å²) in [5, 5.41) is 21.9. The predicted octanol–water partition coefficient (Wildman–Crippen LogP) is 4.37. The van der Waals surface area contributed by atoms with Crippen LogP contribution in [0.5, 0.6) is 5.75 Å². The Bertz CT molecular complexity index is 1470. The minimum atomic E-state index is -0.779. The predicted molar refractivity (Wildman–Crippen MR) is 155 cm³/mol. The summed E-state index contributed by atoms with van der Waals surface area (Å²) in [5.41, 5.74) is 1.87. The molecule has 2 saturated heterocycles. The number of alkyl halides is 1. The topological polar surface area (TPSA) is 145 Å². The Morgan fingerprint density at radius 2 is 2.02 bits per heavy atom. The maximum atomic E-state index is 13.8. The zero-order valence-corrected chi connectivity index (χ0v) is 24.1. The third-order valence-corrected chi connectivity index (χ3v) is 8.67. The van der Waals surface area contributed by atoms with E-state index in [1.165, 1.54) is 30.8 Å². The Balaban J connectivity index is 1.34. The summed E-state index contributed by atoms with van der Waals surface area (Å²) >= 11 is 1.33. The minimum Gasteiger partial charge on any atom is -0.496 e. The van der Waals surface area contributed by atoms with Crippen molar-refractivity contribution in [2.45, 2.75) is 38.9 Å². The number of aromatic nitrogens is 3. The Morgan fingerprint density at radius 1 is 1.21 bits per heavy atom. The van der Waals surface area contributed by atoms with Crippen LogP contribution in [0.2, 0.25) is 0 Å². The van der Waals surface area contributed by atoms with E-state index in [-0.39, 0.29) is 17.5 Å². The molecular formula is C29H32FN7O4S. The number of aliphatic carboxylic acids is 1. The number of ether oxygens (including phenoxy) is 1. The maximum Gasteiger partial charge on any atom is 0.306 e. The summed E-state index contributed by atoms with van der Waals surface area (Å²) in [6.45, 7) is 2.48. The molecule has 2 fully saturated rings. The number of piperidine rings is 2. The number of halogens is 1. The van der Waals surface area contributed by atoms with Gasteiger partial charge in [0.1, 0.15) is 23.9 Å². The van der Waals surface area contributed by atoms with E-state index in [9.17, 15) is 24.3 Å². The molecule has 1 atom stereocenters. The number of carbonyl (C=O) groups is 2. The monoisotopic (exact) mass is 593 g/mol. The van der Waals surface area contributed by atoms with Gasteiger partial charge in [-0.15, -0.1) is 0 Å². The molecule has 2 N–H and O–H groups in total. The van der Waals surface area contributed by atoms with Gasteiger partial charge in [-0.25, -0.2) is 19.3 Å². The lowest BCUT2D eigenvalue weighted by atomic mass is 9.97. The number of rotatable bonds is 9. The first-order valence-electron chi connectivity index (χ1n) is 13.8. The summed E-state index contributed by atoms with van der Waals surface area (Å²) in [5.74, 6) is -0.581. The molecular weight excluding hydrogens is 561 g/mol. The Morgan fingerprint density at radius 3 is 2.69 bits per heavy atom. The van der Waals surface area contributed by atoms with Crippen molar-refractivity contribution in [3.63, 3.8) is 0 Å². The molecule has 4 heterocycles. The second-order valence-corrected chi connectivity index (χ2v) is 11.6. The highest BCUT2D eigenvalue weighted by atomic mass is 32.1. The van der Waals surface area contributed by atoms with Gasteiger partial charge in [-0.05, 0) is 50.4 Å². The third kappa shape index (κ3) is 6.66. The molecule has 1 aromatic carbocycles. The number of nitrogens with zero attached hydrogens (tertiary/aromatic N) is 6. The second kappa shape index (κ2) is 13.2. The van der Waals surface area contributed by atoms with Gasteiger partial charge in [0.05, 0.1) is 43.1 Å². The average Bonchev–Trinajstić information content (AvgIpc) is 3.42. The molecule has 0 spiro atoms. The van der Waals surface area contributed by atoms with Gasteiger partial charge in [-0.1, -0.05) is 11.3 Å². The Kier molecular flexibility index (Phi) is 9.24. The molecule has 42 heavy (non-hydrogen) atoms. The van der Waals surface area contributed by atoms with Gasteiger partial charge >= 0.3 is 5.97 Å². The zero-order chi connectivity index (χ0) is 29.6. The molecule has 0 saturated carbocycles. The fourth-order valence-corrected chi connectivity index (χ4v) is 6.42. The van der Waals surface area contributed by atoms with E-state index in [1.807, 2.05) is 11.0 Å². The van der Waals surface area contributed by atoms with E-state index in [4.69, 9.17) is 9.72 Å². The van der Waals surface area contributed by atoms with Crippen molar-refractivity contribution in [3.8, 4) is 23.1 Å². The number of nitriles is 1. The van der Waals surface area contributed by atoms with E-state index in [1.54, 1.807) is 12.1 Å². The maximum absolute atomic E-state index is 13.8. The number of nitrogens with one attached hydrogen (secondary N) is 1. The normalized spacial score (nSPS) is 17.9. The average molecular weight is 594 g/mol. The summed E-state index contributed by atoms with van der Waals surface area (Å²) in [7, 11) is 1.49. The largest absolute Gasteiger partial charge is 0.496 e. The number of carbonyl (C=O) groups excluding carboxylic acids is 1. The van der Waals surface area contributed by atoms with E-state index in [0.29, 0.717) is 72.5 Å². The van der Waals surface area contributed by atoms with Crippen molar-refractivity contribution in [3.05, 3.63) is 46.7 Å². The van der Waals surface area contributed by atoms with E-state index < -0.39 is 18.6 Å². The van der Waals surface area contributed by atoms with E-state index in [0.717, 1.165) is 24.3 Å². The number of thiazole rings is 1. The second-order valence-electron chi connectivity index (χ2n) is 10.5. The van der Waals surface area contributed by atoms with Gasteiger partial charge in [0.2, 0.25) is 0 Å². The number of hydrogen-bond donors (Lipinski definition) is 2. The highest BCUT2D eigenvalue weighted by molar-refractivity contribution is 7.16. The quantitative estimate of drug-likeness (QED) is 0.367. The molecule has 5 rings (SSSR count). The van der Waals surface area contributed by atoms with Gasteiger partial charge in [0.25, 0.3) is 5.91 Å². The number of anilines is 2. The molecule has 1 amide bonds. The van der Waals surface area contributed by atoms with Gasteiger partial charge < -0.3 is 14.7 Å². The Hall–Kier alpha value is -4.15. The van der Waals surface area contributed by atoms with Crippen LogP contribution in [0, 0.1) is 23.2 Å². The van der Waals surface area contributed by atoms with Crippen LogP contribution in [-0.2, 0) is 18.0 Å². The molecule has 11 nitrogen and oxygen atoms in total. The van der Waals surface area contributed by atoms with Gasteiger partial charge in [0.15, 0.2) is 5.13 Å². The number of carboxylic acid groups (broad SMARTS) is 1. The summed E-state index contributed by atoms with van der Waals surface area (Å²) in [6, 6.07) is 7.60. The standard InChI is InChI=1S/C29H32FN7O4S/c1-41-23-5-4-20(11-21(23)12-30)26-24(17-36-8-2-3-18(13-31)16-36)42-29(34-26)35-27(38)22-14-33-25(15-32-22)37-9-6-19(7-10-37)28(39)40/h4-5,11,14-15,18-19H,2-3,6-10,12,16-17H2,1H3,(H,39,40)(H,34,35,38). The van der Waals surface area contributed by atoms with E-state index in [2.05, 4.69) is 26.3 Å². The minimum absolute atomic E-state index is 0.0292. The molecule has 0 aliphatic carbocycles. The fraction of sp³-hybridized carbons (Fsp3) is 0.448. The molecule has 220 valence electrons. The first-order valence-corrected chi connectivity index (χ1v) is 14.7. The number of hydrogen-bond acceptors (Lipinski definition) is 10. The van der Waals surface area contributed by atoms with Crippen molar-refractivity contribution in [2.24, 2.45) is 11.8 Å². The van der Waals surface area contributed by atoms with Gasteiger partial charge in [-0.2, -0.15) is 5.26 Å². The molecule has 2 aromatic heterocycles. The third-order valence-electron chi connectivity index (χ3n) is 7.71. The van der Waals surface area contributed by atoms with Crippen LogP contribution >= 0.6 is 11.3 Å². The fourth-order valence-electron chi connectivity index (χ4n) is 5.39. The smallest absolute Gasteiger partial charge is 0.306 e. The highest BCUT2D eigenvalue weighted by Gasteiger charge is 2.26. The first-order chi connectivity index (χ1) is 20.4. The van der Waals surface area contributed by atoms with Crippen molar-refractivity contribution in [1.82, 2.24) is 19.9 Å². The van der Waals surface area contributed by atoms with Crippen molar-refractivity contribution in [2.75, 3.05) is 43.5 Å². The number of amides is 1. The highest BCUT2D eigenvalue weighted by Crippen LogP contribution is 2.35. The van der Waals surface area contributed by atoms with Crippen molar-refractivity contribution < 1.29 is 23.8 Å². The van der Waals surface area contributed by atoms with Crippen molar-refractivity contribution in [1.29, 1.82) is 5.26 Å². The molecule has 2 aliphatic rings. The van der Waals surface area contributed by atoms with Crippen LogP contribution in [0.1, 0.15) is 46.6 Å². The SMILES string of the molecule is COc1ccc(-c2nc(NC(=O)c3cnc(N4CCC(C(=O)O)CC4)cn3)sc2CN2CCCC(C#N)C2)cc1CF. The molecule has 13 heteroatoms. The summed E-state index contributed by atoms with van der Waals surface area (Å²) < 4.78 is 19.0. The zero-order valence-electron chi connectivity index (χ0n) is 23.3. The Labute approximate surface area is 247 Å². The van der Waals surface area contributed by atoms with Crippen molar-refractivity contribution >= 4 is 34.2 Å². The number of methoxy groups -OCH3 is 1. The molecule has 2 aliphatic heterocycles. The van der Waals surface area contributed by atoms with Crippen LogP contribution in [0.3, 0.4) is 0 Å². The van der Waals surface area contributed by atoms with Crippen LogP contribution in [0.25, 0.3) is 11.3 Å². The molecule has 3 aromatic rings. The van der Waals surface area contributed by atoms with Crippen LogP contribution in [0.4, 0.5) is 15.3 Å². The lowest BCUT2D eigenvalue weighted by molar-refractivity contribution is -0.142. The summed E-state index contributed by atoms with van der Waals surface area (Å²) in [6.07, 6.45) is 5.79. The lowest BCUT2D eigenvalue weighted by Crippen LogP contribution is -2.36. The van der Waals surface area contributed by atoms with Crippen LogP contribution < -0.4 is 15.0 Å². The van der Waals surface area contributed by atoms with Gasteiger partial charge in [0, 0.05) is 42.2 Å². The lowest BCUT2D eigenvalue weighted by Gasteiger charge is -2.30. The number of likely N-dealkylation sites (tertiary alicyclic amines) is 1. The summed E-state index contributed by atoms with van der Waals surface area (Å²) in [4.78, 5) is 42.8. The molecule has 1 unspecified atom stereocenters. The number of benzene rings is 1. The van der Waals surface area contributed by atoms with Gasteiger partial charge in [-0.3, -0.25) is 19.8 Å². The number of carboxylic acids is 1. The molecule has 0 bridgehead atoms. The van der Waals surface area contributed by atoms with E-state index >= 15 is 0 Å².